The van der Waals surface area contributed by atoms with Gasteiger partial charge in [0.25, 0.3) is 0 Å². The van der Waals surface area contributed by atoms with Gasteiger partial charge in [-0.2, -0.15) is 0 Å². The molecule has 21 heavy (non-hydrogen) atoms. The van der Waals surface area contributed by atoms with E-state index in [0.717, 1.165) is 12.8 Å². The second kappa shape index (κ2) is 5.69. The molecular formula is C16H23FO3S. The van der Waals surface area contributed by atoms with Gasteiger partial charge in [-0.05, 0) is 56.2 Å². The highest BCUT2D eigenvalue weighted by molar-refractivity contribution is 7.91. The lowest BCUT2D eigenvalue weighted by molar-refractivity contribution is -0.0210. The Hall–Kier alpha value is -0.940. The summed E-state index contributed by atoms with van der Waals surface area (Å²) in [5.74, 6) is -0.517. The van der Waals surface area contributed by atoms with Crippen LogP contribution in [0, 0.1) is 18.7 Å². The van der Waals surface area contributed by atoms with Crippen molar-refractivity contribution in [3.8, 4) is 0 Å². The van der Waals surface area contributed by atoms with Gasteiger partial charge in [0, 0.05) is 6.26 Å². The second-order valence-corrected chi connectivity index (χ2v) is 8.75. The highest BCUT2D eigenvalue weighted by Crippen LogP contribution is 2.41. The number of benzene rings is 1. The summed E-state index contributed by atoms with van der Waals surface area (Å²) in [7, 11) is -3.10. The molecule has 1 aliphatic rings. The van der Waals surface area contributed by atoms with Crippen molar-refractivity contribution >= 4 is 9.84 Å². The van der Waals surface area contributed by atoms with Crippen LogP contribution in [0.15, 0.2) is 18.2 Å². The molecule has 0 spiro atoms. The predicted molar refractivity (Wildman–Crippen MR) is 81.3 cm³/mol. The summed E-state index contributed by atoms with van der Waals surface area (Å²) < 4.78 is 37.2. The van der Waals surface area contributed by atoms with E-state index in [0.29, 0.717) is 24.0 Å². The molecule has 3 nitrogen and oxygen atoms in total. The van der Waals surface area contributed by atoms with E-state index in [4.69, 9.17) is 0 Å². The third-order valence-electron chi connectivity index (χ3n) is 4.78. The molecule has 1 aliphatic carbocycles. The molecule has 3 atom stereocenters. The van der Waals surface area contributed by atoms with Crippen molar-refractivity contribution in [2.75, 3.05) is 6.26 Å². The fraction of sp³-hybridized carbons (Fsp3) is 0.625. The Morgan fingerprint density at radius 2 is 2.00 bits per heavy atom. The van der Waals surface area contributed by atoms with Gasteiger partial charge < -0.3 is 5.11 Å². The lowest BCUT2D eigenvalue weighted by Gasteiger charge is -2.38. The van der Waals surface area contributed by atoms with E-state index in [1.54, 1.807) is 26.0 Å². The van der Waals surface area contributed by atoms with E-state index in [2.05, 4.69) is 0 Å². The van der Waals surface area contributed by atoms with Gasteiger partial charge in [0.15, 0.2) is 0 Å². The van der Waals surface area contributed by atoms with E-state index in [1.165, 1.54) is 12.3 Å². The summed E-state index contributed by atoms with van der Waals surface area (Å²) in [6.45, 7) is 3.33. The molecule has 1 aromatic rings. The quantitative estimate of drug-likeness (QED) is 0.933. The largest absolute Gasteiger partial charge is 0.385 e. The molecule has 3 unspecified atom stereocenters. The van der Waals surface area contributed by atoms with Crippen LogP contribution >= 0.6 is 0 Å². The van der Waals surface area contributed by atoms with Gasteiger partial charge in [0.05, 0.1) is 10.9 Å². The molecule has 118 valence electrons. The molecule has 0 aliphatic heterocycles. The van der Waals surface area contributed by atoms with Gasteiger partial charge in [-0.3, -0.25) is 0 Å². The Morgan fingerprint density at radius 3 is 2.57 bits per heavy atom. The van der Waals surface area contributed by atoms with Crippen LogP contribution in [0.5, 0.6) is 0 Å². The Kier molecular flexibility index (Phi) is 4.45. The molecule has 0 saturated heterocycles. The van der Waals surface area contributed by atoms with Crippen LogP contribution in [0.3, 0.4) is 0 Å². The molecule has 1 aromatic carbocycles. The summed E-state index contributed by atoms with van der Waals surface area (Å²) in [6.07, 6.45) is 3.86. The summed E-state index contributed by atoms with van der Waals surface area (Å²) in [4.78, 5) is 0. The average Bonchev–Trinajstić information content (AvgIpc) is 2.41. The van der Waals surface area contributed by atoms with E-state index >= 15 is 0 Å². The van der Waals surface area contributed by atoms with Gasteiger partial charge in [0.1, 0.15) is 15.7 Å². The first-order valence-corrected chi connectivity index (χ1v) is 9.25. The Bertz CT molecular complexity index is 622. The van der Waals surface area contributed by atoms with Crippen molar-refractivity contribution < 1.29 is 17.9 Å². The minimum absolute atomic E-state index is 0.173. The second-order valence-electron chi connectivity index (χ2n) is 6.43. The van der Waals surface area contributed by atoms with Crippen LogP contribution in [0.25, 0.3) is 0 Å². The van der Waals surface area contributed by atoms with Gasteiger partial charge in [-0.1, -0.05) is 18.6 Å². The highest BCUT2D eigenvalue weighted by atomic mass is 32.2. The maximum atomic E-state index is 13.7. The number of hydrogen-bond acceptors (Lipinski definition) is 3. The predicted octanol–water partition coefficient (Wildman–Crippen LogP) is 2.95. The molecular weight excluding hydrogens is 291 g/mol. The van der Waals surface area contributed by atoms with Crippen LogP contribution in [0.4, 0.5) is 4.39 Å². The van der Waals surface area contributed by atoms with E-state index in [9.17, 15) is 17.9 Å². The first kappa shape index (κ1) is 16.4. The highest BCUT2D eigenvalue weighted by Gasteiger charge is 2.39. The van der Waals surface area contributed by atoms with Crippen LogP contribution < -0.4 is 0 Å². The zero-order chi connectivity index (χ0) is 15.8. The zero-order valence-corrected chi connectivity index (χ0v) is 13.6. The molecule has 1 fully saturated rings. The summed E-state index contributed by atoms with van der Waals surface area (Å²) in [6, 6.07) is 4.73. The van der Waals surface area contributed by atoms with Crippen molar-refractivity contribution in [1.29, 1.82) is 0 Å². The summed E-state index contributed by atoms with van der Waals surface area (Å²) in [5, 5.41) is 10.4. The number of halogens is 1. The number of aliphatic hydroxyl groups is 1. The monoisotopic (exact) mass is 314 g/mol. The van der Waals surface area contributed by atoms with Crippen molar-refractivity contribution in [1.82, 2.24) is 0 Å². The number of hydrogen-bond donors (Lipinski definition) is 1. The van der Waals surface area contributed by atoms with Crippen LogP contribution in [0.1, 0.15) is 43.7 Å². The average molecular weight is 314 g/mol. The topological polar surface area (TPSA) is 54.4 Å². The molecule has 1 saturated carbocycles. The van der Waals surface area contributed by atoms with Crippen molar-refractivity contribution in [3.63, 3.8) is 0 Å². The van der Waals surface area contributed by atoms with E-state index in [1.807, 2.05) is 0 Å². The van der Waals surface area contributed by atoms with Gasteiger partial charge in [-0.15, -0.1) is 0 Å². The lowest BCUT2D eigenvalue weighted by atomic mass is 9.74. The van der Waals surface area contributed by atoms with Crippen molar-refractivity contribution in [3.05, 3.63) is 35.1 Å². The SMILES string of the molecule is Cc1ccc(C(C)(O)C2CCCC(S(C)(=O)=O)C2)cc1F. The normalized spacial score (nSPS) is 26.3. The van der Waals surface area contributed by atoms with E-state index in [-0.39, 0.29) is 11.7 Å². The molecule has 0 aromatic heterocycles. The van der Waals surface area contributed by atoms with Gasteiger partial charge >= 0.3 is 0 Å². The fourth-order valence-corrected chi connectivity index (χ4v) is 4.36. The zero-order valence-electron chi connectivity index (χ0n) is 12.8. The maximum Gasteiger partial charge on any atom is 0.150 e. The fourth-order valence-electron chi connectivity index (χ4n) is 3.19. The first-order valence-electron chi connectivity index (χ1n) is 7.30. The number of aryl methyl sites for hydroxylation is 1. The molecule has 0 bridgehead atoms. The molecule has 5 heteroatoms. The molecule has 0 radical (unpaired) electrons. The number of sulfone groups is 1. The Morgan fingerprint density at radius 1 is 1.33 bits per heavy atom. The van der Waals surface area contributed by atoms with Crippen molar-refractivity contribution in [2.45, 2.75) is 50.4 Å². The minimum atomic E-state index is -3.10. The smallest absolute Gasteiger partial charge is 0.150 e. The molecule has 0 amide bonds. The Balaban J connectivity index is 2.28. The van der Waals surface area contributed by atoms with E-state index < -0.39 is 20.7 Å². The maximum absolute atomic E-state index is 13.7. The molecule has 0 heterocycles. The van der Waals surface area contributed by atoms with Crippen LogP contribution in [-0.4, -0.2) is 25.0 Å². The lowest BCUT2D eigenvalue weighted by Crippen LogP contribution is -2.39. The Labute approximate surface area is 126 Å². The van der Waals surface area contributed by atoms with Crippen LogP contribution in [0.2, 0.25) is 0 Å². The van der Waals surface area contributed by atoms with Gasteiger partial charge in [0.2, 0.25) is 0 Å². The minimum Gasteiger partial charge on any atom is -0.385 e. The summed E-state index contributed by atoms with van der Waals surface area (Å²) in [5.41, 5.74) is -0.158. The third-order valence-corrected chi connectivity index (χ3v) is 6.42. The van der Waals surface area contributed by atoms with Crippen molar-refractivity contribution in [2.24, 2.45) is 5.92 Å². The molecule has 2 rings (SSSR count). The first-order chi connectivity index (χ1) is 9.62. The third kappa shape index (κ3) is 3.46. The molecule has 1 N–H and O–H groups in total. The standard InChI is InChI=1S/C16H23FO3S/c1-11-7-8-13(10-15(11)17)16(2,18)12-5-4-6-14(9-12)21(3,19)20/h7-8,10,12,14,18H,4-6,9H2,1-3H3. The number of rotatable bonds is 3. The van der Waals surface area contributed by atoms with Crippen LogP contribution in [-0.2, 0) is 15.4 Å². The van der Waals surface area contributed by atoms with Gasteiger partial charge in [-0.25, -0.2) is 12.8 Å². The summed E-state index contributed by atoms with van der Waals surface area (Å²) >= 11 is 0.